The minimum atomic E-state index is -0.887. The Morgan fingerprint density at radius 1 is 0.818 bits per heavy atom. The highest BCUT2D eigenvalue weighted by atomic mass is 32.2. The van der Waals surface area contributed by atoms with Crippen molar-refractivity contribution >= 4 is 27.6 Å². The Labute approximate surface area is 133 Å². The van der Waals surface area contributed by atoms with Gasteiger partial charge in [0.15, 0.2) is 0 Å². The fourth-order valence-corrected chi connectivity index (χ4v) is 3.53. The zero-order valence-electron chi connectivity index (χ0n) is 12.3. The van der Waals surface area contributed by atoms with Crippen molar-refractivity contribution in [3.8, 4) is 0 Å². The van der Waals surface area contributed by atoms with Gasteiger partial charge >= 0.3 is 0 Å². The lowest BCUT2D eigenvalue weighted by Crippen LogP contribution is -1.99. The van der Waals surface area contributed by atoms with E-state index in [1.165, 1.54) is 10.8 Å². The van der Waals surface area contributed by atoms with Gasteiger partial charge in [-0.05, 0) is 21.9 Å². The molecule has 0 aliphatic carbocycles. The monoisotopic (exact) mass is 306 g/mol. The van der Waals surface area contributed by atoms with E-state index in [9.17, 15) is 4.21 Å². The lowest BCUT2D eigenvalue weighted by atomic mass is 10.1. The lowest BCUT2D eigenvalue weighted by molar-refractivity contribution is 0.684. The number of benzene rings is 3. The van der Waals surface area contributed by atoms with Crippen molar-refractivity contribution in [1.82, 2.24) is 0 Å². The smallest absolute Gasteiger partial charge is 0.0494 e. The summed E-state index contributed by atoms with van der Waals surface area (Å²) in [5.74, 6) is 1.18. The molecule has 3 aromatic carbocycles. The molecule has 22 heavy (non-hydrogen) atoms. The Morgan fingerprint density at radius 2 is 1.55 bits per heavy atom. The van der Waals surface area contributed by atoms with E-state index < -0.39 is 10.8 Å². The van der Waals surface area contributed by atoms with Gasteiger partial charge in [-0.25, -0.2) is 0 Å². The summed E-state index contributed by atoms with van der Waals surface area (Å²) in [6.07, 6.45) is 4.03. The second-order valence-corrected chi connectivity index (χ2v) is 6.70. The van der Waals surface area contributed by atoms with E-state index in [1.54, 1.807) is 0 Å². The minimum Gasteiger partial charge on any atom is -0.259 e. The molecule has 0 N–H and O–H groups in total. The second kappa shape index (κ2) is 7.19. The SMILES string of the molecule is O=S(C/C=C/c1ccccc1)Cc1cccc2ccccc12. The quantitative estimate of drug-likeness (QED) is 0.661. The summed E-state index contributed by atoms with van der Waals surface area (Å²) in [6.45, 7) is 0. The summed E-state index contributed by atoms with van der Waals surface area (Å²) >= 11 is 0. The average Bonchev–Trinajstić information content (AvgIpc) is 2.56. The van der Waals surface area contributed by atoms with E-state index in [0.717, 1.165) is 11.1 Å². The maximum atomic E-state index is 12.3. The van der Waals surface area contributed by atoms with E-state index in [4.69, 9.17) is 0 Å². The summed E-state index contributed by atoms with van der Waals surface area (Å²) in [5, 5.41) is 2.40. The third kappa shape index (κ3) is 3.71. The largest absolute Gasteiger partial charge is 0.259 e. The molecule has 1 unspecified atom stereocenters. The van der Waals surface area contributed by atoms with Crippen LogP contribution in [0.4, 0.5) is 0 Å². The molecule has 110 valence electrons. The van der Waals surface area contributed by atoms with E-state index in [-0.39, 0.29) is 0 Å². The van der Waals surface area contributed by atoms with Gasteiger partial charge < -0.3 is 0 Å². The number of rotatable bonds is 5. The highest BCUT2D eigenvalue weighted by Gasteiger charge is 2.04. The van der Waals surface area contributed by atoms with Gasteiger partial charge in [-0.15, -0.1) is 0 Å². The minimum absolute atomic E-state index is 0.581. The lowest BCUT2D eigenvalue weighted by Gasteiger charge is -2.05. The molecule has 0 bridgehead atoms. The summed E-state index contributed by atoms with van der Waals surface area (Å²) in [7, 11) is -0.887. The van der Waals surface area contributed by atoms with Crippen LogP contribution in [0.5, 0.6) is 0 Å². The third-order valence-corrected chi connectivity index (χ3v) is 4.79. The molecular formula is C20H18OS. The summed E-state index contributed by atoms with van der Waals surface area (Å²) in [4.78, 5) is 0. The Bertz CT molecular complexity index is 801. The van der Waals surface area contributed by atoms with Crippen LogP contribution >= 0.6 is 0 Å². The maximum Gasteiger partial charge on any atom is 0.0494 e. The molecule has 0 aliphatic heterocycles. The summed E-state index contributed by atoms with van der Waals surface area (Å²) in [5.41, 5.74) is 2.30. The van der Waals surface area contributed by atoms with Crippen LogP contribution in [-0.2, 0) is 16.6 Å². The van der Waals surface area contributed by atoms with Crippen LogP contribution in [0.25, 0.3) is 16.8 Å². The normalized spacial score (nSPS) is 12.7. The second-order valence-electron chi connectivity index (χ2n) is 5.20. The van der Waals surface area contributed by atoms with Crippen molar-refractivity contribution in [1.29, 1.82) is 0 Å². The molecule has 0 spiro atoms. The first-order valence-corrected chi connectivity index (χ1v) is 8.85. The van der Waals surface area contributed by atoms with Crippen LogP contribution in [0.3, 0.4) is 0 Å². The van der Waals surface area contributed by atoms with Crippen LogP contribution < -0.4 is 0 Å². The molecule has 0 amide bonds. The predicted molar refractivity (Wildman–Crippen MR) is 96.1 cm³/mol. The molecule has 0 saturated carbocycles. The zero-order chi connectivity index (χ0) is 15.2. The topological polar surface area (TPSA) is 17.1 Å². The molecule has 3 aromatic rings. The maximum absolute atomic E-state index is 12.3. The Kier molecular flexibility index (Phi) is 4.81. The molecule has 0 aliphatic rings. The summed E-state index contributed by atoms with van der Waals surface area (Å²) < 4.78 is 12.3. The van der Waals surface area contributed by atoms with E-state index in [1.807, 2.05) is 60.7 Å². The van der Waals surface area contributed by atoms with Crippen LogP contribution in [0.15, 0.2) is 78.9 Å². The fourth-order valence-electron chi connectivity index (χ4n) is 2.51. The molecule has 0 radical (unpaired) electrons. The predicted octanol–water partition coefficient (Wildman–Crippen LogP) is 4.80. The average molecular weight is 306 g/mol. The third-order valence-electron chi connectivity index (χ3n) is 3.59. The van der Waals surface area contributed by atoms with Gasteiger partial charge in [0.25, 0.3) is 0 Å². The van der Waals surface area contributed by atoms with Crippen molar-refractivity contribution in [2.75, 3.05) is 5.75 Å². The van der Waals surface area contributed by atoms with Gasteiger partial charge in [-0.2, -0.15) is 0 Å². The molecule has 1 nitrogen and oxygen atoms in total. The molecule has 1 atom stereocenters. The van der Waals surface area contributed by atoms with Gasteiger partial charge in [0.1, 0.15) is 0 Å². The van der Waals surface area contributed by atoms with Gasteiger partial charge in [0.2, 0.25) is 0 Å². The van der Waals surface area contributed by atoms with Gasteiger partial charge in [0, 0.05) is 22.3 Å². The number of hydrogen-bond donors (Lipinski definition) is 0. The van der Waals surface area contributed by atoms with Crippen LogP contribution in [0, 0.1) is 0 Å². The van der Waals surface area contributed by atoms with Gasteiger partial charge in [-0.3, -0.25) is 4.21 Å². The van der Waals surface area contributed by atoms with Crippen molar-refractivity contribution in [2.24, 2.45) is 0 Å². The summed E-state index contributed by atoms with van der Waals surface area (Å²) in [6, 6.07) is 24.6. The molecular weight excluding hydrogens is 288 g/mol. The van der Waals surface area contributed by atoms with Crippen molar-refractivity contribution in [3.05, 3.63) is 90.0 Å². The first-order chi connectivity index (χ1) is 10.8. The molecule has 2 heteroatoms. The Hall–Kier alpha value is -2.19. The van der Waals surface area contributed by atoms with Crippen molar-refractivity contribution in [2.45, 2.75) is 5.75 Å². The van der Waals surface area contributed by atoms with Gasteiger partial charge in [0.05, 0.1) is 0 Å². The van der Waals surface area contributed by atoms with E-state index in [2.05, 4.69) is 24.3 Å². The van der Waals surface area contributed by atoms with Crippen molar-refractivity contribution in [3.63, 3.8) is 0 Å². The first kappa shape index (κ1) is 14.7. The Morgan fingerprint density at radius 3 is 2.41 bits per heavy atom. The van der Waals surface area contributed by atoms with Crippen LogP contribution in [-0.4, -0.2) is 9.96 Å². The highest BCUT2D eigenvalue weighted by molar-refractivity contribution is 7.84. The van der Waals surface area contributed by atoms with Crippen LogP contribution in [0.1, 0.15) is 11.1 Å². The molecule has 0 aromatic heterocycles. The van der Waals surface area contributed by atoms with Crippen LogP contribution in [0.2, 0.25) is 0 Å². The zero-order valence-corrected chi connectivity index (χ0v) is 13.1. The van der Waals surface area contributed by atoms with E-state index >= 15 is 0 Å². The van der Waals surface area contributed by atoms with Gasteiger partial charge in [-0.1, -0.05) is 84.9 Å². The number of hydrogen-bond acceptors (Lipinski definition) is 1. The fraction of sp³-hybridized carbons (Fsp3) is 0.100. The molecule has 0 heterocycles. The standard InChI is InChI=1S/C20H18OS/c21-22(15-7-10-17-8-2-1-3-9-17)16-19-13-6-12-18-11-4-5-14-20(18)19/h1-14H,15-16H2/b10-7+. The molecule has 0 saturated heterocycles. The highest BCUT2D eigenvalue weighted by Crippen LogP contribution is 2.19. The first-order valence-electron chi connectivity index (χ1n) is 7.36. The molecule has 0 fully saturated rings. The number of fused-ring (bicyclic) bond motifs is 1. The molecule has 3 rings (SSSR count). The van der Waals surface area contributed by atoms with E-state index in [0.29, 0.717) is 11.5 Å². The van der Waals surface area contributed by atoms with Crippen molar-refractivity contribution < 1.29 is 4.21 Å². The Balaban J connectivity index is 1.67.